The largest absolute Gasteiger partial charge is 0.362 e. The molecule has 5 heteroatoms. The van der Waals surface area contributed by atoms with Crippen molar-refractivity contribution in [2.45, 2.75) is 18.5 Å². The molecule has 0 unspecified atom stereocenters. The van der Waals surface area contributed by atoms with Crippen molar-refractivity contribution in [3.63, 3.8) is 0 Å². The summed E-state index contributed by atoms with van der Waals surface area (Å²) in [5.74, 6) is 0.0453. The molecule has 2 aliphatic heterocycles. The van der Waals surface area contributed by atoms with E-state index in [1.807, 2.05) is 24.3 Å². The Bertz CT molecular complexity index is 455. The van der Waals surface area contributed by atoms with Crippen LogP contribution in [0.2, 0.25) is 0 Å². The van der Waals surface area contributed by atoms with Gasteiger partial charge in [0.2, 0.25) is 0 Å². The molecule has 18 heavy (non-hydrogen) atoms. The molecular weight excluding hydrogens is 250 g/mol. The van der Waals surface area contributed by atoms with Gasteiger partial charge in [-0.3, -0.25) is 4.79 Å². The number of carbonyl (C=O) groups excluding carboxylic acids is 1. The normalized spacial score (nSPS) is 21.5. The highest BCUT2D eigenvalue weighted by atomic mass is 35.5. The van der Waals surface area contributed by atoms with Crippen LogP contribution in [-0.2, 0) is 0 Å². The van der Waals surface area contributed by atoms with Gasteiger partial charge >= 0.3 is 0 Å². The topological polar surface area (TPSA) is 44.4 Å². The van der Waals surface area contributed by atoms with E-state index in [-0.39, 0.29) is 24.0 Å². The minimum Gasteiger partial charge on any atom is -0.362 e. The molecule has 2 heterocycles. The lowest BCUT2D eigenvalue weighted by atomic mass is 9.93. The SMILES string of the molecule is CN1CCC2(CC1)NC(=O)c1ccccc1N2.Cl. The third kappa shape index (κ3) is 2.18. The number of fused-ring (bicyclic) bond motifs is 1. The number of anilines is 1. The van der Waals surface area contributed by atoms with E-state index < -0.39 is 0 Å². The van der Waals surface area contributed by atoms with E-state index in [9.17, 15) is 4.79 Å². The average Bonchev–Trinajstić information content (AvgIpc) is 2.34. The Morgan fingerprint density at radius 2 is 1.83 bits per heavy atom. The number of rotatable bonds is 0. The van der Waals surface area contributed by atoms with Crippen LogP contribution in [0.25, 0.3) is 0 Å². The molecule has 1 fully saturated rings. The standard InChI is InChI=1S/C13H17N3O.ClH/c1-16-8-6-13(7-9-16)14-11-5-3-2-4-10(11)12(17)15-13;/h2-5,14H,6-9H2,1H3,(H,15,17);1H. The van der Waals surface area contributed by atoms with E-state index >= 15 is 0 Å². The molecule has 0 aliphatic carbocycles. The number of carbonyl (C=O) groups is 1. The zero-order valence-electron chi connectivity index (χ0n) is 10.4. The summed E-state index contributed by atoms with van der Waals surface area (Å²) in [4.78, 5) is 14.4. The summed E-state index contributed by atoms with van der Waals surface area (Å²) in [7, 11) is 2.12. The number of hydrogen-bond acceptors (Lipinski definition) is 3. The Morgan fingerprint density at radius 1 is 1.17 bits per heavy atom. The summed E-state index contributed by atoms with van der Waals surface area (Å²) in [5, 5.41) is 6.64. The third-order valence-electron chi connectivity index (χ3n) is 3.74. The molecular formula is C13H18ClN3O. The molecule has 0 bridgehead atoms. The maximum atomic E-state index is 12.1. The number of halogens is 1. The molecule has 2 N–H and O–H groups in total. The second-order valence-corrected chi connectivity index (χ2v) is 5.01. The van der Waals surface area contributed by atoms with Crippen LogP contribution in [0, 0.1) is 0 Å². The highest BCUT2D eigenvalue weighted by Crippen LogP contribution is 2.30. The van der Waals surface area contributed by atoms with E-state index in [2.05, 4.69) is 22.6 Å². The highest BCUT2D eigenvalue weighted by molar-refractivity contribution is 6.02. The van der Waals surface area contributed by atoms with Gasteiger partial charge in [0.25, 0.3) is 5.91 Å². The smallest absolute Gasteiger partial charge is 0.255 e. The van der Waals surface area contributed by atoms with Gasteiger partial charge < -0.3 is 15.5 Å². The fraction of sp³-hybridized carbons (Fsp3) is 0.462. The molecule has 0 aromatic heterocycles. The van der Waals surface area contributed by atoms with Gasteiger partial charge in [-0.25, -0.2) is 0 Å². The number of amides is 1. The molecule has 1 amide bonds. The number of likely N-dealkylation sites (tertiary alicyclic amines) is 1. The minimum atomic E-state index is -0.238. The summed E-state index contributed by atoms with van der Waals surface area (Å²) in [5.41, 5.74) is 1.47. The van der Waals surface area contributed by atoms with Gasteiger partial charge in [0.15, 0.2) is 0 Å². The Morgan fingerprint density at radius 3 is 2.56 bits per heavy atom. The van der Waals surface area contributed by atoms with Crippen LogP contribution in [0.3, 0.4) is 0 Å². The first kappa shape index (κ1) is 13.2. The first-order valence-corrected chi connectivity index (χ1v) is 6.07. The van der Waals surface area contributed by atoms with E-state index in [1.54, 1.807) is 0 Å². The van der Waals surface area contributed by atoms with Gasteiger partial charge in [0.1, 0.15) is 5.66 Å². The lowest BCUT2D eigenvalue weighted by Gasteiger charge is -2.45. The number of piperidine rings is 1. The third-order valence-corrected chi connectivity index (χ3v) is 3.74. The van der Waals surface area contributed by atoms with Crippen molar-refractivity contribution in [2.75, 3.05) is 25.5 Å². The number of para-hydroxylation sites is 1. The molecule has 4 nitrogen and oxygen atoms in total. The van der Waals surface area contributed by atoms with Gasteiger partial charge in [-0.05, 0) is 19.2 Å². The van der Waals surface area contributed by atoms with Crippen LogP contribution in [0.15, 0.2) is 24.3 Å². The van der Waals surface area contributed by atoms with Gasteiger partial charge in [-0.2, -0.15) is 0 Å². The lowest BCUT2D eigenvalue weighted by molar-refractivity contribution is 0.0846. The molecule has 3 rings (SSSR count). The van der Waals surface area contributed by atoms with Crippen molar-refractivity contribution >= 4 is 24.0 Å². The van der Waals surface area contributed by atoms with Crippen LogP contribution < -0.4 is 10.6 Å². The predicted octanol–water partition coefficient (Wildman–Crippen LogP) is 1.69. The van der Waals surface area contributed by atoms with Crippen LogP contribution in [-0.4, -0.2) is 36.6 Å². The molecule has 0 atom stereocenters. The monoisotopic (exact) mass is 267 g/mol. The second kappa shape index (κ2) is 4.78. The summed E-state index contributed by atoms with van der Waals surface area (Å²) in [6.07, 6.45) is 1.90. The lowest BCUT2D eigenvalue weighted by Crippen LogP contribution is -2.61. The van der Waals surface area contributed by atoms with Gasteiger partial charge in [0.05, 0.1) is 5.56 Å². The van der Waals surface area contributed by atoms with Gasteiger partial charge in [-0.1, -0.05) is 12.1 Å². The van der Waals surface area contributed by atoms with Crippen molar-refractivity contribution in [1.82, 2.24) is 10.2 Å². The van der Waals surface area contributed by atoms with Crippen molar-refractivity contribution in [3.05, 3.63) is 29.8 Å². The van der Waals surface area contributed by atoms with E-state index in [0.29, 0.717) is 0 Å². The van der Waals surface area contributed by atoms with Crippen LogP contribution in [0.5, 0.6) is 0 Å². The molecule has 0 saturated carbocycles. The van der Waals surface area contributed by atoms with Gasteiger partial charge in [-0.15, -0.1) is 12.4 Å². The molecule has 1 aromatic carbocycles. The zero-order valence-corrected chi connectivity index (χ0v) is 11.2. The summed E-state index contributed by atoms with van der Waals surface area (Å²) in [6.45, 7) is 2.02. The number of nitrogens with zero attached hydrogens (tertiary/aromatic N) is 1. The minimum absolute atomic E-state index is 0. The molecule has 1 saturated heterocycles. The summed E-state index contributed by atoms with van der Waals surface area (Å²) < 4.78 is 0. The van der Waals surface area contributed by atoms with Crippen LogP contribution >= 0.6 is 12.4 Å². The molecule has 0 radical (unpaired) electrons. The fourth-order valence-electron chi connectivity index (χ4n) is 2.61. The number of benzene rings is 1. The number of hydrogen-bond donors (Lipinski definition) is 2. The summed E-state index contributed by atoms with van der Waals surface area (Å²) in [6, 6.07) is 7.70. The predicted molar refractivity (Wildman–Crippen MR) is 74.2 cm³/mol. The maximum Gasteiger partial charge on any atom is 0.255 e. The fourth-order valence-corrected chi connectivity index (χ4v) is 2.61. The highest BCUT2D eigenvalue weighted by Gasteiger charge is 2.39. The van der Waals surface area contributed by atoms with Crippen molar-refractivity contribution in [2.24, 2.45) is 0 Å². The Hall–Kier alpha value is -1.26. The van der Waals surface area contributed by atoms with E-state index in [0.717, 1.165) is 37.2 Å². The van der Waals surface area contributed by atoms with E-state index in [4.69, 9.17) is 0 Å². The van der Waals surface area contributed by atoms with Gasteiger partial charge in [0, 0.05) is 31.6 Å². The first-order valence-electron chi connectivity index (χ1n) is 6.07. The van der Waals surface area contributed by atoms with E-state index in [1.165, 1.54) is 0 Å². The quantitative estimate of drug-likeness (QED) is 0.752. The Kier molecular flexibility index (Phi) is 3.50. The van der Waals surface area contributed by atoms with Crippen LogP contribution in [0.4, 0.5) is 5.69 Å². The van der Waals surface area contributed by atoms with Crippen molar-refractivity contribution < 1.29 is 4.79 Å². The molecule has 98 valence electrons. The summed E-state index contributed by atoms with van der Waals surface area (Å²) >= 11 is 0. The van der Waals surface area contributed by atoms with Crippen LogP contribution in [0.1, 0.15) is 23.2 Å². The second-order valence-electron chi connectivity index (χ2n) is 5.01. The first-order chi connectivity index (χ1) is 8.19. The molecule has 1 aromatic rings. The number of nitrogens with one attached hydrogen (secondary N) is 2. The Balaban J connectivity index is 0.00000120. The zero-order chi connectivity index (χ0) is 11.9. The molecule has 2 aliphatic rings. The van der Waals surface area contributed by atoms with Crippen molar-refractivity contribution in [1.29, 1.82) is 0 Å². The average molecular weight is 268 g/mol. The van der Waals surface area contributed by atoms with Crippen molar-refractivity contribution in [3.8, 4) is 0 Å². The molecule has 1 spiro atoms. The Labute approximate surface area is 113 Å². The maximum absolute atomic E-state index is 12.1.